The number of hydrogen-bond donors (Lipinski definition) is 1. The van der Waals surface area contributed by atoms with E-state index in [0.29, 0.717) is 0 Å². The van der Waals surface area contributed by atoms with Gasteiger partial charge in [-0.25, -0.2) is 13.6 Å². The van der Waals surface area contributed by atoms with Crippen molar-refractivity contribution in [2.75, 3.05) is 13.3 Å². The van der Waals surface area contributed by atoms with E-state index in [2.05, 4.69) is 0 Å². The summed E-state index contributed by atoms with van der Waals surface area (Å²) in [7, 11) is -4.05. The Bertz CT molecular complexity index is 588. The highest BCUT2D eigenvalue weighted by molar-refractivity contribution is 7.89. The van der Waals surface area contributed by atoms with Gasteiger partial charge in [-0.2, -0.15) is 0 Å². The molecule has 0 unspecified atom stereocenters. The zero-order valence-corrected chi connectivity index (χ0v) is 10.9. The highest BCUT2D eigenvalue weighted by Crippen LogP contribution is 2.32. The lowest BCUT2D eigenvalue weighted by atomic mass is 10.2. The zero-order valence-electron chi connectivity index (χ0n) is 10.1. The zero-order chi connectivity index (χ0) is 14.6. The molecule has 1 rings (SSSR count). The van der Waals surface area contributed by atoms with Gasteiger partial charge >= 0.3 is 5.69 Å². The quantitative estimate of drug-likeness (QED) is 0.482. The number of ether oxygens (including phenoxy) is 1. The fourth-order valence-corrected chi connectivity index (χ4v) is 2.24. The van der Waals surface area contributed by atoms with Crippen LogP contribution in [0.4, 0.5) is 10.1 Å². The van der Waals surface area contributed by atoms with Crippen LogP contribution in [0.25, 0.3) is 0 Å². The van der Waals surface area contributed by atoms with E-state index in [4.69, 9.17) is 9.88 Å². The van der Waals surface area contributed by atoms with Gasteiger partial charge in [0, 0.05) is 12.5 Å². The predicted molar refractivity (Wildman–Crippen MR) is 65.3 cm³/mol. The van der Waals surface area contributed by atoms with E-state index in [1.54, 1.807) is 0 Å². The van der Waals surface area contributed by atoms with E-state index in [9.17, 15) is 22.9 Å². The molecule has 0 aliphatic heterocycles. The van der Waals surface area contributed by atoms with Gasteiger partial charge in [0.1, 0.15) is 0 Å². The number of hydrogen-bond acceptors (Lipinski definition) is 5. The minimum atomic E-state index is -4.05. The number of nitro groups is 1. The van der Waals surface area contributed by atoms with Gasteiger partial charge < -0.3 is 4.74 Å². The Morgan fingerprint density at radius 1 is 1.47 bits per heavy atom. The largest absolute Gasteiger partial charge is 0.487 e. The number of aryl methyl sites for hydroxylation is 1. The highest BCUT2D eigenvalue weighted by Gasteiger charge is 2.22. The van der Waals surface area contributed by atoms with Gasteiger partial charge in [0.2, 0.25) is 10.0 Å². The molecule has 0 saturated carbocycles. The molecule has 0 spiro atoms. The minimum absolute atomic E-state index is 0.0362. The van der Waals surface area contributed by atoms with Crippen LogP contribution in [-0.2, 0) is 10.0 Å². The number of nitro benzene ring substituents is 1. The number of nitrogens with two attached hydrogens (primary N) is 1. The predicted octanol–water partition coefficient (Wildman–Crippen LogP) is 1.29. The molecule has 0 saturated heterocycles. The Labute approximate surface area is 109 Å². The first-order valence-electron chi connectivity index (χ1n) is 5.28. The molecule has 0 fully saturated rings. The first kappa shape index (κ1) is 15.3. The molecule has 0 bridgehead atoms. The first-order valence-corrected chi connectivity index (χ1v) is 6.82. The van der Waals surface area contributed by atoms with Crippen LogP contribution < -0.4 is 9.88 Å². The molecule has 7 nitrogen and oxygen atoms in total. The Hall–Kier alpha value is -1.74. The lowest BCUT2D eigenvalue weighted by molar-refractivity contribution is -0.386. The van der Waals surface area contributed by atoms with Crippen LogP contribution in [-0.4, -0.2) is 26.6 Å². The van der Waals surface area contributed by atoms with Crippen LogP contribution >= 0.6 is 0 Å². The van der Waals surface area contributed by atoms with Crippen LogP contribution in [0.1, 0.15) is 12.0 Å². The van der Waals surface area contributed by atoms with Gasteiger partial charge in [-0.3, -0.25) is 14.5 Å². The van der Waals surface area contributed by atoms with Crippen molar-refractivity contribution in [3.05, 3.63) is 27.8 Å². The Kier molecular flexibility index (Phi) is 4.78. The van der Waals surface area contributed by atoms with Crippen molar-refractivity contribution >= 4 is 15.7 Å². The summed E-state index contributed by atoms with van der Waals surface area (Å²) in [6, 6.07) is 2.05. The summed E-state index contributed by atoms with van der Waals surface area (Å²) in [5, 5.41) is 15.8. The number of primary sulfonamides is 1. The molecule has 2 N–H and O–H groups in total. The minimum Gasteiger partial charge on any atom is -0.487 e. The van der Waals surface area contributed by atoms with Gasteiger partial charge in [0.25, 0.3) is 0 Å². The summed E-state index contributed by atoms with van der Waals surface area (Å²) < 4.78 is 39.5. The summed E-state index contributed by atoms with van der Waals surface area (Å²) in [6.45, 7) is 0.791. The maximum atomic E-state index is 11.9. The molecule has 0 radical (unpaired) electrons. The Balaban J connectivity index is 3.26. The van der Waals surface area contributed by atoms with Crippen LogP contribution in [0.5, 0.6) is 5.75 Å². The molecule has 9 heteroatoms. The molecule has 0 atom stereocenters. The number of benzene rings is 1. The SMILES string of the molecule is Cc1cc(OCCCF)c([N+](=O)[O-])cc1S(N)(=O)=O. The Morgan fingerprint density at radius 2 is 2.11 bits per heavy atom. The molecule has 1 aromatic rings. The second kappa shape index (κ2) is 5.93. The van der Waals surface area contributed by atoms with Crippen LogP contribution in [0.2, 0.25) is 0 Å². The van der Waals surface area contributed by atoms with Gasteiger partial charge in [0.05, 0.1) is 23.1 Å². The summed E-state index contributed by atoms with van der Waals surface area (Å²) in [4.78, 5) is 9.75. The normalized spacial score (nSPS) is 11.3. The summed E-state index contributed by atoms with van der Waals surface area (Å²) in [6.07, 6.45) is 0.0904. The molecule has 0 amide bonds. The van der Waals surface area contributed by atoms with Crippen molar-refractivity contribution in [3.63, 3.8) is 0 Å². The lowest BCUT2D eigenvalue weighted by Crippen LogP contribution is -2.14. The van der Waals surface area contributed by atoms with Crippen LogP contribution in [0, 0.1) is 17.0 Å². The summed E-state index contributed by atoms with van der Waals surface area (Å²) in [5.74, 6) is -0.108. The average Bonchev–Trinajstić information content (AvgIpc) is 2.27. The summed E-state index contributed by atoms with van der Waals surface area (Å²) in [5.41, 5.74) is -0.295. The molecule has 0 aromatic heterocycles. The fourth-order valence-electron chi connectivity index (χ4n) is 1.45. The Morgan fingerprint density at radius 3 is 2.58 bits per heavy atom. The maximum Gasteiger partial charge on any atom is 0.312 e. The van der Waals surface area contributed by atoms with E-state index in [1.807, 2.05) is 0 Å². The van der Waals surface area contributed by atoms with Gasteiger partial charge in [-0.05, 0) is 18.6 Å². The standard InChI is InChI=1S/C10H13FN2O5S/c1-7-5-9(18-4-2-3-11)8(13(14)15)6-10(7)19(12,16)17/h5-6H,2-4H2,1H3,(H2,12,16,17). The highest BCUT2D eigenvalue weighted by atomic mass is 32.2. The van der Waals surface area contributed by atoms with Crippen LogP contribution in [0.15, 0.2) is 17.0 Å². The smallest absolute Gasteiger partial charge is 0.312 e. The molecule has 0 heterocycles. The molecule has 19 heavy (non-hydrogen) atoms. The molecule has 0 aliphatic rings. The van der Waals surface area contributed by atoms with E-state index < -0.39 is 27.3 Å². The first-order chi connectivity index (χ1) is 8.77. The number of halogens is 1. The van der Waals surface area contributed by atoms with E-state index >= 15 is 0 Å². The number of nitrogens with zero attached hydrogens (tertiary/aromatic N) is 1. The second-order valence-corrected chi connectivity index (χ2v) is 5.31. The van der Waals surface area contributed by atoms with E-state index in [1.165, 1.54) is 13.0 Å². The number of alkyl halides is 1. The van der Waals surface area contributed by atoms with Gasteiger partial charge in [-0.1, -0.05) is 0 Å². The third kappa shape index (κ3) is 3.86. The third-order valence-corrected chi connectivity index (χ3v) is 3.35. The van der Waals surface area contributed by atoms with Gasteiger partial charge in [0.15, 0.2) is 5.75 Å². The molecule has 0 aliphatic carbocycles. The van der Waals surface area contributed by atoms with E-state index in [0.717, 1.165) is 6.07 Å². The van der Waals surface area contributed by atoms with Crippen molar-refractivity contribution in [1.82, 2.24) is 0 Å². The topological polar surface area (TPSA) is 113 Å². The second-order valence-electron chi connectivity index (χ2n) is 3.78. The molecule has 106 valence electrons. The van der Waals surface area contributed by atoms with Crippen LogP contribution in [0.3, 0.4) is 0 Å². The third-order valence-electron chi connectivity index (χ3n) is 2.30. The molecular formula is C10H13FN2O5S. The number of rotatable bonds is 6. The monoisotopic (exact) mass is 292 g/mol. The van der Waals surface area contributed by atoms with Crippen molar-refractivity contribution in [3.8, 4) is 5.75 Å². The van der Waals surface area contributed by atoms with Crippen molar-refractivity contribution < 1.29 is 22.5 Å². The fraction of sp³-hybridized carbons (Fsp3) is 0.400. The van der Waals surface area contributed by atoms with Crippen molar-refractivity contribution in [1.29, 1.82) is 0 Å². The molecular weight excluding hydrogens is 279 g/mol. The number of sulfonamides is 1. The summed E-state index contributed by atoms with van der Waals surface area (Å²) >= 11 is 0. The van der Waals surface area contributed by atoms with Gasteiger partial charge in [-0.15, -0.1) is 0 Å². The lowest BCUT2D eigenvalue weighted by Gasteiger charge is -2.09. The van der Waals surface area contributed by atoms with Crippen molar-refractivity contribution in [2.24, 2.45) is 5.14 Å². The maximum absolute atomic E-state index is 11.9. The average molecular weight is 292 g/mol. The molecule has 1 aromatic carbocycles. The van der Waals surface area contributed by atoms with E-state index in [-0.39, 0.29) is 29.2 Å². The van der Waals surface area contributed by atoms with Crippen molar-refractivity contribution in [2.45, 2.75) is 18.2 Å².